The van der Waals surface area contributed by atoms with E-state index in [9.17, 15) is 4.79 Å². The van der Waals surface area contributed by atoms with Gasteiger partial charge in [0, 0.05) is 50.5 Å². The number of amides is 1. The predicted molar refractivity (Wildman–Crippen MR) is 41.2 cm³/mol. The number of hydrogen-bond donors (Lipinski definition) is 1. The Morgan fingerprint density at radius 1 is 1.77 bits per heavy atom. The SMILES string of the molecule is COCC1COCCN1C(=O)O.[Tm]. The van der Waals surface area contributed by atoms with Crippen LogP contribution in [0.25, 0.3) is 0 Å². The Balaban J connectivity index is 0.00000144. The van der Waals surface area contributed by atoms with Gasteiger partial charge >= 0.3 is 6.09 Å². The molecule has 6 heteroatoms. The van der Waals surface area contributed by atoms with E-state index in [1.54, 1.807) is 7.11 Å². The van der Waals surface area contributed by atoms with Crippen molar-refractivity contribution in [3.05, 3.63) is 0 Å². The Morgan fingerprint density at radius 3 is 3.00 bits per heavy atom. The van der Waals surface area contributed by atoms with Crippen LogP contribution in [0.15, 0.2) is 0 Å². The van der Waals surface area contributed by atoms with Crippen LogP contribution in [-0.2, 0) is 9.47 Å². The van der Waals surface area contributed by atoms with Gasteiger partial charge in [0.05, 0.1) is 25.9 Å². The maximum absolute atomic E-state index is 10.7. The fourth-order valence-electron chi connectivity index (χ4n) is 1.24. The average Bonchev–Trinajstić information content (AvgIpc) is 2.05. The second-order valence-electron chi connectivity index (χ2n) is 2.66. The molecule has 1 radical (unpaired) electrons. The Morgan fingerprint density at radius 2 is 2.46 bits per heavy atom. The van der Waals surface area contributed by atoms with Gasteiger partial charge in [-0.25, -0.2) is 4.79 Å². The quantitative estimate of drug-likeness (QED) is 0.767. The molecule has 5 nitrogen and oxygen atoms in total. The number of rotatable bonds is 2. The second kappa shape index (κ2) is 6.82. The molecule has 1 N–H and O–H groups in total. The summed E-state index contributed by atoms with van der Waals surface area (Å²) in [7, 11) is 1.55. The molecule has 0 aromatic rings. The van der Waals surface area contributed by atoms with E-state index in [2.05, 4.69) is 0 Å². The molecule has 0 aliphatic carbocycles. The van der Waals surface area contributed by atoms with E-state index >= 15 is 0 Å². The molecule has 1 aliphatic heterocycles. The van der Waals surface area contributed by atoms with Crippen LogP contribution in [0.5, 0.6) is 0 Å². The Hall–Kier alpha value is 0.424. The Kier molecular flexibility index (Phi) is 7.04. The van der Waals surface area contributed by atoms with Crippen molar-refractivity contribution in [1.82, 2.24) is 4.90 Å². The summed E-state index contributed by atoms with van der Waals surface area (Å²) in [5, 5.41) is 8.75. The summed E-state index contributed by atoms with van der Waals surface area (Å²) in [4.78, 5) is 12.0. The maximum Gasteiger partial charge on any atom is 0.407 e. The molecule has 13 heavy (non-hydrogen) atoms. The molecule has 1 atom stereocenters. The molecule has 1 rings (SSSR count). The van der Waals surface area contributed by atoms with Crippen molar-refractivity contribution in [2.75, 3.05) is 33.5 Å². The summed E-state index contributed by atoms with van der Waals surface area (Å²) in [6, 6.07) is -0.152. The first kappa shape index (κ1) is 13.4. The number of nitrogens with zero attached hydrogens (tertiary/aromatic N) is 1. The smallest absolute Gasteiger partial charge is 0.407 e. The van der Waals surface area contributed by atoms with Crippen LogP contribution in [0.4, 0.5) is 4.79 Å². The van der Waals surface area contributed by atoms with E-state index in [1.807, 2.05) is 0 Å². The molecule has 1 fully saturated rings. The van der Waals surface area contributed by atoms with Crippen molar-refractivity contribution in [3.8, 4) is 0 Å². The molecular weight excluding hydrogens is 331 g/mol. The van der Waals surface area contributed by atoms with E-state index in [0.717, 1.165) is 0 Å². The van der Waals surface area contributed by atoms with Crippen LogP contribution >= 0.6 is 0 Å². The molecule has 0 aromatic carbocycles. The number of carbonyl (C=O) groups is 1. The van der Waals surface area contributed by atoms with Gasteiger partial charge in [0.1, 0.15) is 0 Å². The number of morpholine rings is 1. The summed E-state index contributed by atoms with van der Waals surface area (Å²) in [6.07, 6.45) is -0.902. The van der Waals surface area contributed by atoms with Crippen molar-refractivity contribution in [3.63, 3.8) is 0 Å². The molecule has 0 bridgehead atoms. The Bertz CT molecular complexity index is 165. The van der Waals surface area contributed by atoms with Gasteiger partial charge in [0.15, 0.2) is 0 Å². The molecular formula is C7H13NO4Tm. The minimum atomic E-state index is -0.902. The summed E-state index contributed by atoms with van der Waals surface area (Å²) in [6.45, 7) is 1.74. The van der Waals surface area contributed by atoms with E-state index in [4.69, 9.17) is 14.6 Å². The van der Waals surface area contributed by atoms with Crippen molar-refractivity contribution in [2.45, 2.75) is 6.04 Å². The summed E-state index contributed by atoms with van der Waals surface area (Å²) >= 11 is 0. The first-order valence-electron chi connectivity index (χ1n) is 3.82. The van der Waals surface area contributed by atoms with Crippen molar-refractivity contribution in [1.29, 1.82) is 0 Å². The van der Waals surface area contributed by atoms with Crippen LogP contribution in [0, 0.1) is 36.9 Å². The molecule has 1 aliphatic rings. The molecule has 1 amide bonds. The van der Waals surface area contributed by atoms with Crippen LogP contribution in [0.1, 0.15) is 0 Å². The first-order valence-corrected chi connectivity index (χ1v) is 3.82. The van der Waals surface area contributed by atoms with Gasteiger partial charge in [0.25, 0.3) is 0 Å². The third kappa shape index (κ3) is 3.98. The fourth-order valence-corrected chi connectivity index (χ4v) is 1.24. The van der Waals surface area contributed by atoms with Crippen LogP contribution in [0.3, 0.4) is 0 Å². The van der Waals surface area contributed by atoms with Gasteiger partial charge in [-0.15, -0.1) is 0 Å². The van der Waals surface area contributed by atoms with E-state index in [1.165, 1.54) is 4.90 Å². The zero-order valence-electron chi connectivity index (χ0n) is 7.30. The predicted octanol–water partition coefficient (Wildman–Crippen LogP) is 0.0116. The van der Waals surface area contributed by atoms with Gasteiger partial charge < -0.3 is 14.6 Å². The van der Waals surface area contributed by atoms with Gasteiger partial charge in [-0.05, 0) is 0 Å². The molecule has 83 valence electrons. The molecule has 0 saturated carbocycles. The molecule has 0 aromatic heterocycles. The average molecular weight is 344 g/mol. The van der Waals surface area contributed by atoms with Gasteiger partial charge in [-0.1, -0.05) is 0 Å². The number of hydrogen-bond acceptors (Lipinski definition) is 3. The van der Waals surface area contributed by atoms with E-state index in [-0.39, 0.29) is 42.9 Å². The minimum absolute atomic E-state index is 0. The van der Waals surface area contributed by atoms with Crippen LogP contribution < -0.4 is 0 Å². The van der Waals surface area contributed by atoms with Gasteiger partial charge in [-0.2, -0.15) is 0 Å². The fraction of sp³-hybridized carbons (Fsp3) is 0.857. The molecule has 0 spiro atoms. The van der Waals surface area contributed by atoms with Crippen LogP contribution in [-0.4, -0.2) is 55.6 Å². The number of methoxy groups -OCH3 is 1. The second-order valence-corrected chi connectivity index (χ2v) is 2.66. The molecule has 1 saturated heterocycles. The zero-order valence-corrected chi connectivity index (χ0v) is 9.08. The van der Waals surface area contributed by atoms with Crippen molar-refractivity contribution >= 4 is 6.09 Å². The summed E-state index contributed by atoms with van der Waals surface area (Å²) in [5.74, 6) is 0. The number of carboxylic acid groups (broad SMARTS) is 1. The third-order valence-corrected chi connectivity index (χ3v) is 1.83. The van der Waals surface area contributed by atoms with Crippen LogP contribution in [0.2, 0.25) is 0 Å². The maximum atomic E-state index is 10.7. The van der Waals surface area contributed by atoms with E-state index < -0.39 is 6.09 Å². The normalized spacial score (nSPS) is 22.2. The van der Waals surface area contributed by atoms with Crippen molar-refractivity contribution < 1.29 is 56.2 Å². The monoisotopic (exact) mass is 344 g/mol. The topological polar surface area (TPSA) is 59.0 Å². The van der Waals surface area contributed by atoms with Gasteiger partial charge in [0.2, 0.25) is 0 Å². The number of ether oxygens (including phenoxy) is 2. The van der Waals surface area contributed by atoms with Gasteiger partial charge in [-0.3, -0.25) is 4.90 Å². The van der Waals surface area contributed by atoms with Crippen molar-refractivity contribution in [2.24, 2.45) is 0 Å². The zero-order chi connectivity index (χ0) is 8.97. The standard InChI is InChI=1S/C7H13NO4.Tm/c1-11-4-6-5-12-3-2-8(6)7(9)10;/h6H,2-5H2,1H3,(H,9,10);. The third-order valence-electron chi connectivity index (χ3n) is 1.83. The summed E-state index contributed by atoms with van der Waals surface area (Å²) in [5.41, 5.74) is 0. The largest absolute Gasteiger partial charge is 0.465 e. The molecule has 1 unspecified atom stereocenters. The molecule has 1 heterocycles. The summed E-state index contributed by atoms with van der Waals surface area (Å²) < 4.78 is 10.0. The van der Waals surface area contributed by atoms with E-state index in [0.29, 0.717) is 26.4 Å². The first-order chi connectivity index (χ1) is 5.75. The minimum Gasteiger partial charge on any atom is -0.465 e. The Labute approximate surface area is 106 Å².